The van der Waals surface area contributed by atoms with Gasteiger partial charge in [-0.2, -0.15) is 9.97 Å². The molecule has 4 aliphatic rings. The summed E-state index contributed by atoms with van der Waals surface area (Å²) in [6.45, 7) is 2.30. The van der Waals surface area contributed by atoms with Crippen molar-refractivity contribution in [3.63, 3.8) is 0 Å². The van der Waals surface area contributed by atoms with E-state index >= 15 is 8.78 Å². The van der Waals surface area contributed by atoms with Crippen molar-refractivity contribution in [1.82, 2.24) is 29.7 Å². The van der Waals surface area contributed by atoms with Crippen LogP contribution in [0.3, 0.4) is 0 Å². The van der Waals surface area contributed by atoms with Gasteiger partial charge in [-0.15, -0.1) is 0 Å². The second-order valence-electron chi connectivity index (χ2n) is 14.2. The maximum atomic E-state index is 16.8. The molecular weight excluding hydrogens is 667 g/mol. The number of halogens is 4. The number of hydrogen-bond donors (Lipinski definition) is 0. The van der Waals surface area contributed by atoms with Gasteiger partial charge in [-0.1, -0.05) is 48.0 Å². The number of rotatable bonds is 8. The van der Waals surface area contributed by atoms with E-state index in [1.54, 1.807) is 24.1 Å². The molecule has 4 saturated heterocycles. The molecule has 13 heteroatoms. The Morgan fingerprint density at radius 2 is 1.96 bits per heavy atom. The zero-order chi connectivity index (χ0) is 34.7. The normalized spacial score (nSPS) is 27.0. The lowest BCUT2D eigenvalue weighted by atomic mass is 9.95. The Hall–Kier alpha value is -4.00. The largest absolute Gasteiger partial charge is 0.461 e. The molecule has 2 aromatic heterocycles. The molecule has 262 valence electrons. The average Bonchev–Trinajstić information content (AvgIpc) is 3.77. The number of anilines is 1. The smallest absolute Gasteiger partial charge is 0.319 e. The molecule has 0 radical (unpaired) electrons. The predicted molar refractivity (Wildman–Crippen MR) is 188 cm³/mol. The van der Waals surface area contributed by atoms with Crippen LogP contribution >= 0.6 is 11.6 Å². The van der Waals surface area contributed by atoms with Crippen LogP contribution in [0.1, 0.15) is 25.7 Å². The molecule has 5 atom stereocenters. The zero-order valence-electron chi connectivity index (χ0n) is 28.0. The summed E-state index contributed by atoms with van der Waals surface area (Å²) < 4.78 is 53.4. The van der Waals surface area contributed by atoms with Crippen LogP contribution in [-0.2, 0) is 4.79 Å². The van der Waals surface area contributed by atoms with Gasteiger partial charge in [-0.05, 0) is 44.3 Å². The van der Waals surface area contributed by atoms with Gasteiger partial charge in [0.05, 0.1) is 23.5 Å². The minimum atomic E-state index is -1.39. The highest BCUT2D eigenvalue weighted by molar-refractivity contribution is 6.36. The number of nitrogens with zero attached hydrogens (tertiary/aromatic N) is 7. The number of aromatic nitrogens is 3. The molecule has 8 rings (SSSR count). The molecule has 0 bridgehead atoms. The van der Waals surface area contributed by atoms with E-state index in [0.29, 0.717) is 28.9 Å². The number of carbonyl (C=O) groups is 1. The van der Waals surface area contributed by atoms with Crippen LogP contribution in [-0.4, -0.2) is 119 Å². The van der Waals surface area contributed by atoms with E-state index < -0.39 is 29.7 Å². The molecule has 2 aromatic carbocycles. The summed E-state index contributed by atoms with van der Waals surface area (Å²) >= 11 is 6.60. The lowest BCUT2D eigenvalue weighted by Gasteiger charge is -2.35. The highest BCUT2D eigenvalue weighted by atomic mass is 35.5. The number of ether oxygens (including phenoxy) is 1. The Labute approximate surface area is 293 Å². The molecule has 4 aliphatic heterocycles. The molecule has 0 aliphatic carbocycles. The highest BCUT2D eigenvalue weighted by Crippen LogP contribution is 2.41. The van der Waals surface area contributed by atoms with Crippen LogP contribution in [0.25, 0.3) is 32.9 Å². The number of hydrogen-bond acceptors (Lipinski definition) is 8. The van der Waals surface area contributed by atoms with Gasteiger partial charge in [0.25, 0.3) is 0 Å². The van der Waals surface area contributed by atoms with E-state index in [9.17, 15) is 9.18 Å². The Kier molecular flexibility index (Phi) is 8.59. The second kappa shape index (κ2) is 13.0. The fourth-order valence-corrected chi connectivity index (χ4v) is 8.49. The molecular formula is C37H39ClF3N7O2. The summed E-state index contributed by atoms with van der Waals surface area (Å²) in [6, 6.07) is 10.3. The molecule has 0 saturated carbocycles. The maximum absolute atomic E-state index is 16.8. The number of likely N-dealkylation sites (tertiary alicyclic amines) is 2. The third-order valence-electron chi connectivity index (χ3n) is 11.2. The van der Waals surface area contributed by atoms with Crippen LogP contribution in [0.2, 0.25) is 5.02 Å². The van der Waals surface area contributed by atoms with Crippen molar-refractivity contribution in [2.75, 3.05) is 58.3 Å². The molecule has 9 nitrogen and oxygen atoms in total. The number of benzene rings is 2. The monoisotopic (exact) mass is 705 g/mol. The first kappa shape index (κ1) is 33.2. The molecule has 4 fully saturated rings. The summed E-state index contributed by atoms with van der Waals surface area (Å²) in [5.41, 5.74) is 0.0223. The van der Waals surface area contributed by atoms with Crippen LogP contribution < -0.4 is 9.64 Å². The van der Waals surface area contributed by atoms with Crippen LogP contribution in [0.15, 0.2) is 54.7 Å². The van der Waals surface area contributed by atoms with Gasteiger partial charge in [-0.25, -0.2) is 13.2 Å². The first-order chi connectivity index (χ1) is 24.1. The first-order valence-electron chi connectivity index (χ1n) is 17.2. The second-order valence-corrected chi connectivity index (χ2v) is 14.6. The number of likely N-dealkylation sites (N-methyl/N-ethyl adjacent to an activating group) is 2. The number of carbonyl (C=O) groups excluding carboxylic acids is 1. The average molecular weight is 706 g/mol. The van der Waals surface area contributed by atoms with E-state index in [1.165, 1.54) is 17.2 Å². The van der Waals surface area contributed by atoms with E-state index in [1.807, 2.05) is 37.4 Å². The lowest BCUT2D eigenvalue weighted by Crippen LogP contribution is -2.43. The molecule has 50 heavy (non-hydrogen) atoms. The SMILES string of the molecule is CN1CC[C@H]1/C=C/C(=O)N1C[C@H](F)[C@@H](N(C)c2nc(OC[C@@]34CCCN3C[C@H](F)C4)nc3c(F)c(-c4cccc5cccc(Cl)c45)ncc23)C1. The topological polar surface area (TPSA) is 77.9 Å². The quantitative estimate of drug-likeness (QED) is 0.212. The van der Waals surface area contributed by atoms with Gasteiger partial charge in [-0.3, -0.25) is 19.6 Å². The number of fused-ring (bicyclic) bond motifs is 3. The Morgan fingerprint density at radius 1 is 1.14 bits per heavy atom. The minimum absolute atomic E-state index is 0.0460. The van der Waals surface area contributed by atoms with Gasteiger partial charge in [0.1, 0.15) is 36.0 Å². The standard InChI is InChI=1S/C37H39ClF3N7O2/c1-45-15-12-24(45)10-11-30(49)47-19-28(40)29(20-47)46(2)35-26-17-42-33(25-8-3-6-22-7-4-9-27(38)31(22)25)32(41)34(26)43-36(44-35)50-21-37-13-5-14-48(37)18-23(39)16-37/h3-4,6-11,17,23-24,28-29H,5,12-16,18-21H2,1-2H3/b11-10+/t23-,24-,28+,29+,37+/m1/s1. The number of amides is 1. The summed E-state index contributed by atoms with van der Waals surface area (Å²) in [6.07, 6.45) is 5.58. The van der Waals surface area contributed by atoms with Crippen molar-refractivity contribution in [1.29, 1.82) is 0 Å². The van der Waals surface area contributed by atoms with E-state index in [-0.39, 0.29) is 60.1 Å². The van der Waals surface area contributed by atoms with Crippen molar-refractivity contribution in [3.05, 3.63) is 65.6 Å². The third kappa shape index (κ3) is 5.75. The van der Waals surface area contributed by atoms with Gasteiger partial charge >= 0.3 is 6.01 Å². The van der Waals surface area contributed by atoms with E-state index in [2.05, 4.69) is 19.8 Å². The Morgan fingerprint density at radius 3 is 2.74 bits per heavy atom. The fourth-order valence-electron chi connectivity index (χ4n) is 8.21. The summed E-state index contributed by atoms with van der Waals surface area (Å²) in [5, 5.41) is 2.21. The van der Waals surface area contributed by atoms with E-state index in [0.717, 1.165) is 37.7 Å². The minimum Gasteiger partial charge on any atom is -0.461 e. The predicted octanol–water partition coefficient (Wildman–Crippen LogP) is 5.84. The highest BCUT2D eigenvalue weighted by Gasteiger charge is 2.49. The zero-order valence-corrected chi connectivity index (χ0v) is 28.8. The summed E-state index contributed by atoms with van der Waals surface area (Å²) in [5.74, 6) is -0.731. The van der Waals surface area contributed by atoms with Gasteiger partial charge in [0.2, 0.25) is 5.91 Å². The third-order valence-corrected chi connectivity index (χ3v) is 11.5. The molecule has 0 unspecified atom stereocenters. The fraction of sp³-hybridized carbons (Fsp3) is 0.459. The lowest BCUT2D eigenvalue weighted by molar-refractivity contribution is -0.125. The van der Waals surface area contributed by atoms with Crippen molar-refractivity contribution in [2.45, 2.75) is 55.6 Å². The summed E-state index contributed by atoms with van der Waals surface area (Å²) in [4.78, 5) is 34.2. The van der Waals surface area contributed by atoms with Crippen molar-refractivity contribution in [2.24, 2.45) is 0 Å². The Bertz CT molecular complexity index is 1990. The van der Waals surface area contributed by atoms with Crippen molar-refractivity contribution < 1.29 is 22.7 Å². The molecule has 6 heterocycles. The van der Waals surface area contributed by atoms with Crippen LogP contribution in [0.5, 0.6) is 6.01 Å². The molecule has 4 aromatic rings. The Balaban J connectivity index is 1.16. The molecule has 1 amide bonds. The van der Waals surface area contributed by atoms with Crippen LogP contribution in [0, 0.1) is 5.82 Å². The number of alkyl halides is 2. The molecule has 0 spiro atoms. The van der Waals surface area contributed by atoms with Gasteiger partial charge in [0.15, 0.2) is 5.82 Å². The van der Waals surface area contributed by atoms with E-state index in [4.69, 9.17) is 21.3 Å². The van der Waals surface area contributed by atoms with Crippen molar-refractivity contribution >= 4 is 45.0 Å². The summed E-state index contributed by atoms with van der Waals surface area (Å²) in [7, 11) is 3.67. The van der Waals surface area contributed by atoms with Crippen molar-refractivity contribution in [3.8, 4) is 17.3 Å². The van der Waals surface area contributed by atoms with Crippen LogP contribution in [0.4, 0.5) is 19.0 Å². The maximum Gasteiger partial charge on any atom is 0.319 e. The van der Waals surface area contributed by atoms with Gasteiger partial charge in [0, 0.05) is 67.4 Å². The first-order valence-corrected chi connectivity index (χ1v) is 17.6. The van der Waals surface area contributed by atoms with Gasteiger partial charge < -0.3 is 14.5 Å². The molecule has 0 N–H and O–H groups in total. The number of pyridine rings is 1.